The lowest BCUT2D eigenvalue weighted by molar-refractivity contribution is -0.141. The Labute approximate surface area is 133 Å². The molecule has 0 aliphatic carbocycles. The van der Waals surface area contributed by atoms with E-state index in [2.05, 4.69) is 4.98 Å². The molecule has 23 heavy (non-hydrogen) atoms. The molecule has 0 spiro atoms. The van der Waals surface area contributed by atoms with Crippen LogP contribution in [0.3, 0.4) is 0 Å². The number of hydrogen-bond donors (Lipinski definition) is 1. The Morgan fingerprint density at radius 2 is 2.09 bits per heavy atom. The van der Waals surface area contributed by atoms with Crippen LogP contribution in [-0.4, -0.2) is 57.3 Å². The summed E-state index contributed by atoms with van der Waals surface area (Å²) in [7, 11) is 0. The van der Waals surface area contributed by atoms with E-state index < -0.39 is 11.9 Å². The van der Waals surface area contributed by atoms with Crippen LogP contribution in [0.5, 0.6) is 0 Å². The number of aliphatic carboxylic acids is 1. The number of rotatable bonds is 4. The van der Waals surface area contributed by atoms with Crippen molar-refractivity contribution in [3.05, 3.63) is 30.1 Å². The van der Waals surface area contributed by atoms with Crippen LogP contribution >= 0.6 is 0 Å². The maximum atomic E-state index is 12.5. The van der Waals surface area contributed by atoms with E-state index in [4.69, 9.17) is 5.11 Å². The lowest BCUT2D eigenvalue weighted by Crippen LogP contribution is -2.36. The van der Waals surface area contributed by atoms with Crippen molar-refractivity contribution in [3.8, 4) is 0 Å². The first kappa shape index (κ1) is 15.5. The number of carboxylic acid groups (broad SMARTS) is 1. The summed E-state index contributed by atoms with van der Waals surface area (Å²) in [4.78, 5) is 43.0. The van der Waals surface area contributed by atoms with Crippen molar-refractivity contribution in [1.29, 1.82) is 0 Å². The monoisotopic (exact) mass is 317 g/mol. The molecule has 2 saturated heterocycles. The number of likely N-dealkylation sites (tertiary alicyclic amines) is 2. The van der Waals surface area contributed by atoms with Crippen molar-refractivity contribution < 1.29 is 19.5 Å². The fourth-order valence-corrected chi connectivity index (χ4v) is 3.20. The van der Waals surface area contributed by atoms with Gasteiger partial charge < -0.3 is 14.9 Å². The van der Waals surface area contributed by atoms with Crippen molar-refractivity contribution in [2.75, 3.05) is 19.6 Å². The van der Waals surface area contributed by atoms with Crippen LogP contribution in [0, 0.1) is 11.8 Å². The van der Waals surface area contributed by atoms with Gasteiger partial charge in [0.1, 0.15) is 0 Å². The normalized spacial score (nSPS) is 24.3. The summed E-state index contributed by atoms with van der Waals surface area (Å²) in [5.74, 6) is -1.88. The summed E-state index contributed by atoms with van der Waals surface area (Å²) in [6.45, 7) is 1.49. The number of aromatic nitrogens is 1. The fourth-order valence-electron chi connectivity index (χ4n) is 3.20. The van der Waals surface area contributed by atoms with E-state index in [-0.39, 0.29) is 30.7 Å². The molecular weight excluding hydrogens is 298 g/mol. The van der Waals surface area contributed by atoms with Gasteiger partial charge in [0.15, 0.2) is 0 Å². The Kier molecular flexibility index (Phi) is 4.27. The molecule has 3 rings (SSSR count). The van der Waals surface area contributed by atoms with Crippen LogP contribution in [-0.2, 0) is 20.9 Å². The highest BCUT2D eigenvalue weighted by atomic mass is 16.4. The molecule has 2 aliphatic heterocycles. The Balaban J connectivity index is 1.59. The molecule has 2 amide bonds. The number of amides is 2. The minimum absolute atomic E-state index is 0.0528. The number of carboxylic acids is 1. The minimum atomic E-state index is -0.862. The van der Waals surface area contributed by atoms with Gasteiger partial charge in [0.05, 0.1) is 24.1 Å². The van der Waals surface area contributed by atoms with Crippen molar-refractivity contribution in [3.63, 3.8) is 0 Å². The quantitative estimate of drug-likeness (QED) is 0.866. The van der Waals surface area contributed by atoms with Crippen LogP contribution in [0.25, 0.3) is 0 Å². The highest BCUT2D eigenvalue weighted by Gasteiger charge is 2.39. The number of hydrogen-bond acceptors (Lipinski definition) is 4. The molecule has 1 aromatic rings. The summed E-state index contributed by atoms with van der Waals surface area (Å²) < 4.78 is 0. The van der Waals surface area contributed by atoms with Crippen molar-refractivity contribution in [2.24, 2.45) is 11.8 Å². The van der Waals surface area contributed by atoms with Crippen LogP contribution < -0.4 is 0 Å². The van der Waals surface area contributed by atoms with Crippen LogP contribution in [0.4, 0.5) is 0 Å². The molecule has 1 N–H and O–H groups in total. The molecule has 0 saturated carbocycles. The maximum absolute atomic E-state index is 12.5. The first-order valence-electron chi connectivity index (χ1n) is 7.74. The molecule has 0 aromatic carbocycles. The number of nitrogens with zero attached hydrogens (tertiary/aromatic N) is 3. The molecule has 2 fully saturated rings. The van der Waals surface area contributed by atoms with E-state index in [0.717, 1.165) is 5.69 Å². The summed E-state index contributed by atoms with van der Waals surface area (Å²) in [5.41, 5.74) is 0.793. The number of pyridine rings is 1. The van der Waals surface area contributed by atoms with E-state index in [1.165, 1.54) is 0 Å². The molecule has 2 atom stereocenters. The second kappa shape index (κ2) is 6.36. The predicted octanol–water partition coefficient (Wildman–Crippen LogP) is 0.363. The van der Waals surface area contributed by atoms with Crippen LogP contribution in [0.2, 0.25) is 0 Å². The van der Waals surface area contributed by atoms with Crippen LogP contribution in [0.1, 0.15) is 18.5 Å². The molecule has 3 heterocycles. The van der Waals surface area contributed by atoms with Crippen molar-refractivity contribution >= 4 is 17.8 Å². The average Bonchev–Trinajstić information content (AvgIpc) is 3.16. The van der Waals surface area contributed by atoms with E-state index in [1.54, 1.807) is 16.0 Å². The van der Waals surface area contributed by atoms with Gasteiger partial charge >= 0.3 is 5.97 Å². The Hall–Kier alpha value is -2.44. The first-order valence-corrected chi connectivity index (χ1v) is 7.74. The van der Waals surface area contributed by atoms with E-state index in [1.807, 2.05) is 18.2 Å². The molecule has 7 nitrogen and oxygen atoms in total. The Morgan fingerprint density at radius 3 is 2.74 bits per heavy atom. The molecule has 7 heteroatoms. The zero-order valence-electron chi connectivity index (χ0n) is 12.7. The van der Waals surface area contributed by atoms with Gasteiger partial charge in [-0.3, -0.25) is 19.4 Å². The lowest BCUT2D eigenvalue weighted by atomic mass is 10.1. The smallest absolute Gasteiger partial charge is 0.308 e. The van der Waals surface area contributed by atoms with Crippen LogP contribution in [0.15, 0.2) is 24.4 Å². The van der Waals surface area contributed by atoms with Gasteiger partial charge in [-0.2, -0.15) is 0 Å². The van der Waals surface area contributed by atoms with Gasteiger partial charge in [-0.15, -0.1) is 0 Å². The highest BCUT2D eigenvalue weighted by Crippen LogP contribution is 2.25. The maximum Gasteiger partial charge on any atom is 0.308 e. The zero-order valence-corrected chi connectivity index (χ0v) is 12.7. The first-order chi connectivity index (χ1) is 11.0. The molecule has 1 aromatic heterocycles. The van der Waals surface area contributed by atoms with E-state index in [0.29, 0.717) is 26.1 Å². The standard InChI is InChI=1S/C16H19N3O4/c20-14-7-12(9-19(14)10-13-3-1-2-5-17-13)15(21)18-6-4-11(8-18)16(22)23/h1-3,5,11-12H,4,6-10H2,(H,22,23). The zero-order chi connectivity index (χ0) is 16.4. The number of carbonyl (C=O) groups is 3. The molecular formula is C16H19N3O4. The molecule has 122 valence electrons. The molecule has 2 aliphatic rings. The SMILES string of the molecule is O=C(O)C1CCN(C(=O)C2CC(=O)N(Cc3ccccn3)C2)C1. The second-order valence-corrected chi connectivity index (χ2v) is 6.10. The van der Waals surface area contributed by atoms with Gasteiger partial charge in [0, 0.05) is 32.3 Å². The van der Waals surface area contributed by atoms with E-state index >= 15 is 0 Å². The molecule has 0 radical (unpaired) electrons. The largest absolute Gasteiger partial charge is 0.481 e. The second-order valence-electron chi connectivity index (χ2n) is 6.10. The Bertz CT molecular complexity index is 619. The lowest BCUT2D eigenvalue weighted by Gasteiger charge is -2.20. The van der Waals surface area contributed by atoms with Gasteiger partial charge in [-0.25, -0.2) is 0 Å². The summed E-state index contributed by atoms with van der Waals surface area (Å²) in [6, 6.07) is 5.52. The Morgan fingerprint density at radius 1 is 1.26 bits per heavy atom. The topological polar surface area (TPSA) is 90.8 Å². The third-order valence-electron chi connectivity index (χ3n) is 4.49. The molecule has 0 bridgehead atoms. The van der Waals surface area contributed by atoms with Crippen molar-refractivity contribution in [1.82, 2.24) is 14.8 Å². The third kappa shape index (κ3) is 3.33. The summed E-state index contributed by atoms with van der Waals surface area (Å²) in [6.07, 6.45) is 2.36. The third-order valence-corrected chi connectivity index (χ3v) is 4.49. The van der Waals surface area contributed by atoms with Gasteiger partial charge in [-0.05, 0) is 18.6 Å². The summed E-state index contributed by atoms with van der Waals surface area (Å²) >= 11 is 0. The summed E-state index contributed by atoms with van der Waals surface area (Å²) in [5, 5.41) is 9.02. The predicted molar refractivity (Wildman–Crippen MR) is 80.1 cm³/mol. The van der Waals surface area contributed by atoms with Crippen molar-refractivity contribution in [2.45, 2.75) is 19.4 Å². The minimum Gasteiger partial charge on any atom is -0.481 e. The van der Waals surface area contributed by atoms with Gasteiger partial charge in [-0.1, -0.05) is 6.07 Å². The number of carbonyl (C=O) groups excluding carboxylic acids is 2. The van der Waals surface area contributed by atoms with Gasteiger partial charge in [0.25, 0.3) is 0 Å². The highest BCUT2D eigenvalue weighted by molar-refractivity contribution is 5.89. The van der Waals surface area contributed by atoms with E-state index in [9.17, 15) is 14.4 Å². The van der Waals surface area contributed by atoms with Gasteiger partial charge in [0.2, 0.25) is 11.8 Å². The average molecular weight is 317 g/mol. The fraction of sp³-hybridized carbons (Fsp3) is 0.500. The molecule has 2 unspecified atom stereocenters.